The highest BCUT2D eigenvalue weighted by molar-refractivity contribution is 6.30. The predicted molar refractivity (Wildman–Crippen MR) is 92.9 cm³/mol. The van der Waals surface area contributed by atoms with E-state index >= 15 is 0 Å². The lowest BCUT2D eigenvalue weighted by atomic mass is 10.2. The Morgan fingerprint density at radius 1 is 1.21 bits per heavy atom. The zero-order chi connectivity index (χ0) is 17.4. The van der Waals surface area contributed by atoms with Gasteiger partial charge in [0.25, 0.3) is 0 Å². The molecule has 2 amide bonds. The molecule has 128 valence electrons. The minimum absolute atomic E-state index is 0.0733. The molecule has 0 saturated heterocycles. The van der Waals surface area contributed by atoms with Crippen molar-refractivity contribution in [2.45, 2.75) is 6.54 Å². The van der Waals surface area contributed by atoms with Crippen molar-refractivity contribution in [2.75, 3.05) is 25.6 Å². The summed E-state index contributed by atoms with van der Waals surface area (Å²) >= 11 is 5.87. The van der Waals surface area contributed by atoms with Crippen LogP contribution in [0.25, 0.3) is 0 Å². The highest BCUT2D eigenvalue weighted by atomic mass is 35.5. The van der Waals surface area contributed by atoms with E-state index in [1.165, 1.54) is 7.11 Å². The van der Waals surface area contributed by atoms with Crippen molar-refractivity contribution in [3.63, 3.8) is 0 Å². The van der Waals surface area contributed by atoms with Gasteiger partial charge < -0.3 is 25.2 Å². The molecule has 24 heavy (non-hydrogen) atoms. The molecule has 3 N–H and O–H groups in total. The van der Waals surface area contributed by atoms with Gasteiger partial charge in [-0.15, -0.1) is 0 Å². The van der Waals surface area contributed by atoms with Crippen LogP contribution in [0.2, 0.25) is 5.02 Å². The van der Waals surface area contributed by atoms with Crippen LogP contribution in [0.1, 0.15) is 5.56 Å². The fraction of sp³-hybridized carbons (Fsp3) is 0.235. The molecule has 7 heteroatoms. The number of aliphatic hydroxyl groups excluding tert-OH is 1. The molecule has 0 aromatic heterocycles. The number of ether oxygens (including phenoxy) is 2. The number of anilines is 1. The number of halogens is 1. The van der Waals surface area contributed by atoms with E-state index in [0.717, 1.165) is 5.56 Å². The van der Waals surface area contributed by atoms with Gasteiger partial charge >= 0.3 is 6.03 Å². The normalized spacial score (nSPS) is 10.1. The molecule has 0 aliphatic carbocycles. The van der Waals surface area contributed by atoms with Crippen molar-refractivity contribution in [3.05, 3.63) is 53.1 Å². The molecule has 0 radical (unpaired) electrons. The number of rotatable bonds is 7. The molecule has 0 spiro atoms. The zero-order valence-corrected chi connectivity index (χ0v) is 14.0. The van der Waals surface area contributed by atoms with E-state index in [1.807, 2.05) is 6.07 Å². The Labute approximate surface area is 145 Å². The van der Waals surface area contributed by atoms with E-state index in [2.05, 4.69) is 10.6 Å². The lowest BCUT2D eigenvalue weighted by molar-refractivity contribution is 0.196. The molecule has 2 aromatic rings. The van der Waals surface area contributed by atoms with E-state index in [0.29, 0.717) is 28.8 Å². The van der Waals surface area contributed by atoms with Crippen molar-refractivity contribution >= 4 is 23.3 Å². The maximum Gasteiger partial charge on any atom is 0.319 e. The summed E-state index contributed by atoms with van der Waals surface area (Å²) < 4.78 is 10.6. The van der Waals surface area contributed by atoms with E-state index in [9.17, 15) is 4.79 Å². The maximum atomic E-state index is 11.9. The molecule has 0 aliphatic heterocycles. The van der Waals surface area contributed by atoms with E-state index < -0.39 is 0 Å². The second-order valence-electron chi connectivity index (χ2n) is 4.88. The van der Waals surface area contributed by atoms with Crippen molar-refractivity contribution in [1.82, 2.24) is 5.32 Å². The number of aliphatic hydroxyl groups is 1. The van der Waals surface area contributed by atoms with Crippen molar-refractivity contribution in [3.8, 4) is 11.5 Å². The molecule has 0 saturated carbocycles. The fourth-order valence-electron chi connectivity index (χ4n) is 2.02. The highest BCUT2D eigenvalue weighted by Gasteiger charge is 2.07. The van der Waals surface area contributed by atoms with Gasteiger partial charge in [0, 0.05) is 17.3 Å². The first kappa shape index (κ1) is 17.9. The van der Waals surface area contributed by atoms with E-state index in [-0.39, 0.29) is 19.2 Å². The number of urea groups is 1. The number of carbonyl (C=O) groups is 1. The summed E-state index contributed by atoms with van der Waals surface area (Å²) in [5.41, 5.74) is 1.47. The monoisotopic (exact) mass is 350 g/mol. The number of carbonyl (C=O) groups excluding carboxylic acids is 1. The van der Waals surface area contributed by atoms with E-state index in [1.54, 1.807) is 36.4 Å². The molecule has 2 rings (SSSR count). The van der Waals surface area contributed by atoms with Crippen LogP contribution in [0.5, 0.6) is 11.5 Å². The SMILES string of the molecule is COc1cc(CNC(=O)Nc2cccc(Cl)c2)ccc1OCCO. The topological polar surface area (TPSA) is 79.8 Å². The summed E-state index contributed by atoms with van der Waals surface area (Å²) in [4.78, 5) is 11.9. The minimum Gasteiger partial charge on any atom is -0.493 e. The number of methoxy groups -OCH3 is 1. The van der Waals surface area contributed by atoms with Crippen LogP contribution in [0.15, 0.2) is 42.5 Å². The third-order valence-electron chi connectivity index (χ3n) is 3.11. The van der Waals surface area contributed by atoms with Gasteiger partial charge in [-0.2, -0.15) is 0 Å². The van der Waals surface area contributed by atoms with Crippen LogP contribution in [0, 0.1) is 0 Å². The minimum atomic E-state index is -0.336. The van der Waals surface area contributed by atoms with Gasteiger partial charge in [0.1, 0.15) is 6.61 Å². The van der Waals surface area contributed by atoms with Crippen molar-refractivity contribution in [2.24, 2.45) is 0 Å². The lowest BCUT2D eigenvalue weighted by Gasteiger charge is -2.12. The Balaban J connectivity index is 1.92. The third kappa shape index (κ3) is 5.33. The van der Waals surface area contributed by atoms with Crippen molar-refractivity contribution in [1.29, 1.82) is 0 Å². The highest BCUT2D eigenvalue weighted by Crippen LogP contribution is 2.28. The van der Waals surface area contributed by atoms with Gasteiger partial charge in [0.2, 0.25) is 0 Å². The summed E-state index contributed by atoms with van der Waals surface area (Å²) in [6.07, 6.45) is 0. The molecule has 0 atom stereocenters. The lowest BCUT2D eigenvalue weighted by Crippen LogP contribution is -2.28. The van der Waals surface area contributed by atoms with Gasteiger partial charge in [-0.1, -0.05) is 23.7 Å². The van der Waals surface area contributed by atoms with E-state index in [4.69, 9.17) is 26.2 Å². The number of benzene rings is 2. The van der Waals surface area contributed by atoms with Crippen LogP contribution >= 0.6 is 11.6 Å². The number of hydrogen-bond donors (Lipinski definition) is 3. The Hall–Kier alpha value is -2.44. The third-order valence-corrected chi connectivity index (χ3v) is 3.35. The maximum absolute atomic E-state index is 11.9. The first-order chi connectivity index (χ1) is 11.6. The molecule has 6 nitrogen and oxygen atoms in total. The number of amides is 2. The summed E-state index contributed by atoms with van der Waals surface area (Å²) in [6.45, 7) is 0.440. The molecule has 0 fully saturated rings. The Morgan fingerprint density at radius 2 is 2.04 bits per heavy atom. The van der Waals surface area contributed by atoms with Gasteiger partial charge in [-0.3, -0.25) is 0 Å². The largest absolute Gasteiger partial charge is 0.493 e. The Bertz CT molecular complexity index is 694. The molecular formula is C17H19ClN2O4. The van der Waals surface area contributed by atoms with Gasteiger partial charge in [-0.25, -0.2) is 4.79 Å². The van der Waals surface area contributed by atoms with Crippen LogP contribution in [0.4, 0.5) is 10.5 Å². The van der Waals surface area contributed by atoms with Crippen LogP contribution in [-0.2, 0) is 6.54 Å². The van der Waals surface area contributed by atoms with Gasteiger partial charge in [0.05, 0.1) is 13.7 Å². The summed E-state index contributed by atoms with van der Waals surface area (Å²) in [7, 11) is 1.53. The molecular weight excluding hydrogens is 332 g/mol. The second-order valence-corrected chi connectivity index (χ2v) is 5.31. The Morgan fingerprint density at radius 3 is 2.75 bits per heavy atom. The van der Waals surface area contributed by atoms with Crippen LogP contribution in [0.3, 0.4) is 0 Å². The molecule has 0 aliphatic rings. The molecule has 2 aromatic carbocycles. The fourth-order valence-corrected chi connectivity index (χ4v) is 2.21. The number of nitrogens with one attached hydrogen (secondary N) is 2. The summed E-state index contributed by atoms with van der Waals surface area (Å²) in [6, 6.07) is 11.9. The number of hydrogen-bond acceptors (Lipinski definition) is 4. The predicted octanol–water partition coefficient (Wildman–Crippen LogP) is 3.04. The first-order valence-corrected chi connectivity index (χ1v) is 7.71. The average Bonchev–Trinajstić information content (AvgIpc) is 2.58. The van der Waals surface area contributed by atoms with Gasteiger partial charge in [-0.05, 0) is 35.9 Å². The standard InChI is InChI=1S/C17H19ClN2O4/c1-23-16-9-12(5-6-15(16)24-8-7-21)11-19-17(22)20-14-4-2-3-13(18)10-14/h2-6,9-10,21H,7-8,11H2,1H3,(H2,19,20,22). The van der Waals surface area contributed by atoms with Crippen LogP contribution in [-0.4, -0.2) is 31.5 Å². The molecule has 0 heterocycles. The molecule has 0 bridgehead atoms. The average molecular weight is 351 g/mol. The van der Waals surface area contributed by atoms with Crippen molar-refractivity contribution < 1.29 is 19.4 Å². The Kier molecular flexibility index (Phi) is 6.72. The summed E-state index contributed by atoms with van der Waals surface area (Å²) in [5.74, 6) is 1.08. The zero-order valence-electron chi connectivity index (χ0n) is 13.2. The molecule has 0 unspecified atom stereocenters. The van der Waals surface area contributed by atoms with Gasteiger partial charge in [0.15, 0.2) is 11.5 Å². The quantitative estimate of drug-likeness (QED) is 0.717. The summed E-state index contributed by atoms with van der Waals surface area (Å²) in [5, 5.41) is 14.8. The second kappa shape index (κ2) is 9.00. The smallest absolute Gasteiger partial charge is 0.319 e. The van der Waals surface area contributed by atoms with Crippen LogP contribution < -0.4 is 20.1 Å². The first-order valence-electron chi connectivity index (χ1n) is 7.33.